The van der Waals surface area contributed by atoms with Gasteiger partial charge in [0, 0.05) is 6.54 Å². The molecule has 0 fully saturated rings. The second kappa shape index (κ2) is 5.19. The van der Waals surface area contributed by atoms with Crippen molar-refractivity contribution in [2.45, 2.75) is 32.5 Å². The summed E-state index contributed by atoms with van der Waals surface area (Å²) in [5.41, 5.74) is 5.00. The number of alkyl halides is 3. The Hall–Kier alpha value is -0.780. The maximum absolute atomic E-state index is 11.8. The van der Waals surface area contributed by atoms with E-state index in [-0.39, 0.29) is 12.5 Å². The van der Waals surface area contributed by atoms with Crippen molar-refractivity contribution in [3.05, 3.63) is 0 Å². The largest absolute Gasteiger partial charge is 0.390 e. The number of hydrogen-bond donors (Lipinski definition) is 2. The minimum atomic E-state index is -4.20. The molecule has 0 saturated carbocycles. The maximum Gasteiger partial charge on any atom is 0.390 e. The highest BCUT2D eigenvalue weighted by Crippen LogP contribution is 2.18. The smallest absolute Gasteiger partial charge is 0.368 e. The lowest BCUT2D eigenvalue weighted by molar-refractivity contribution is -0.135. The molecule has 0 aromatic rings. The molecular formula is C8H15F3N2O. The minimum absolute atomic E-state index is 0.110. The number of primary amides is 1. The van der Waals surface area contributed by atoms with Gasteiger partial charge in [0.1, 0.15) is 0 Å². The average Bonchev–Trinajstić information content (AvgIpc) is 1.94. The van der Waals surface area contributed by atoms with E-state index < -0.39 is 24.5 Å². The molecule has 1 atom stereocenters. The summed E-state index contributed by atoms with van der Waals surface area (Å²) in [6, 6.07) is -0.697. The Morgan fingerprint density at radius 2 is 1.93 bits per heavy atom. The second-order valence-electron chi connectivity index (χ2n) is 3.44. The molecule has 3 nitrogen and oxygen atoms in total. The summed E-state index contributed by atoms with van der Waals surface area (Å²) >= 11 is 0. The number of nitrogens with one attached hydrogen (secondary N) is 1. The Morgan fingerprint density at radius 1 is 1.43 bits per heavy atom. The maximum atomic E-state index is 11.8. The first-order chi connectivity index (χ1) is 6.24. The van der Waals surface area contributed by atoms with Crippen molar-refractivity contribution < 1.29 is 18.0 Å². The molecule has 6 heteroatoms. The van der Waals surface area contributed by atoms with Crippen molar-refractivity contribution in [2.75, 3.05) is 6.54 Å². The summed E-state index contributed by atoms with van der Waals surface area (Å²) in [4.78, 5) is 10.8. The van der Waals surface area contributed by atoms with Gasteiger partial charge in [-0.05, 0) is 5.92 Å². The molecule has 0 heterocycles. The Bertz CT molecular complexity index is 192. The van der Waals surface area contributed by atoms with Gasteiger partial charge in [-0.15, -0.1) is 0 Å². The predicted octanol–water partition coefficient (Wildman–Crippen LogP) is 1.04. The first kappa shape index (κ1) is 13.2. The highest BCUT2D eigenvalue weighted by Gasteiger charge is 2.27. The summed E-state index contributed by atoms with van der Waals surface area (Å²) in [7, 11) is 0. The zero-order chi connectivity index (χ0) is 11.4. The van der Waals surface area contributed by atoms with Crippen LogP contribution in [-0.4, -0.2) is 24.7 Å². The monoisotopic (exact) mass is 212 g/mol. The minimum Gasteiger partial charge on any atom is -0.368 e. The van der Waals surface area contributed by atoms with Crippen LogP contribution in [0.1, 0.15) is 20.3 Å². The van der Waals surface area contributed by atoms with E-state index in [9.17, 15) is 18.0 Å². The van der Waals surface area contributed by atoms with Crippen LogP contribution in [0, 0.1) is 5.92 Å². The highest BCUT2D eigenvalue weighted by atomic mass is 19.4. The second-order valence-corrected chi connectivity index (χ2v) is 3.44. The molecule has 0 bridgehead atoms. The zero-order valence-corrected chi connectivity index (χ0v) is 8.19. The lowest BCUT2D eigenvalue weighted by atomic mass is 10.0. The third-order valence-corrected chi connectivity index (χ3v) is 1.75. The van der Waals surface area contributed by atoms with Gasteiger partial charge >= 0.3 is 6.18 Å². The number of halogens is 3. The molecule has 3 N–H and O–H groups in total. The molecule has 0 aromatic heterocycles. The molecule has 0 aliphatic rings. The molecule has 1 amide bonds. The van der Waals surface area contributed by atoms with Crippen LogP contribution in [0.2, 0.25) is 0 Å². The van der Waals surface area contributed by atoms with E-state index in [2.05, 4.69) is 5.32 Å². The molecule has 0 rings (SSSR count). The molecule has 0 aromatic carbocycles. The number of nitrogens with two attached hydrogens (primary N) is 1. The van der Waals surface area contributed by atoms with Gasteiger partial charge in [-0.25, -0.2) is 0 Å². The fraction of sp³-hybridized carbons (Fsp3) is 0.875. The van der Waals surface area contributed by atoms with Gasteiger partial charge in [0.25, 0.3) is 0 Å². The molecule has 1 unspecified atom stereocenters. The molecule has 14 heavy (non-hydrogen) atoms. The first-order valence-corrected chi connectivity index (χ1v) is 4.33. The highest BCUT2D eigenvalue weighted by molar-refractivity contribution is 5.80. The van der Waals surface area contributed by atoms with E-state index in [1.54, 1.807) is 13.8 Å². The number of hydrogen-bond acceptors (Lipinski definition) is 2. The van der Waals surface area contributed by atoms with Crippen molar-refractivity contribution in [3.63, 3.8) is 0 Å². The van der Waals surface area contributed by atoms with Gasteiger partial charge in [-0.3, -0.25) is 4.79 Å². The van der Waals surface area contributed by atoms with E-state index in [1.165, 1.54) is 0 Å². The van der Waals surface area contributed by atoms with E-state index in [1.807, 2.05) is 0 Å². The third-order valence-electron chi connectivity index (χ3n) is 1.75. The molecule has 0 aliphatic carbocycles. The van der Waals surface area contributed by atoms with Crippen LogP contribution in [-0.2, 0) is 4.79 Å². The average molecular weight is 212 g/mol. The van der Waals surface area contributed by atoms with E-state index in [0.29, 0.717) is 0 Å². The van der Waals surface area contributed by atoms with Crippen LogP contribution in [0.5, 0.6) is 0 Å². The normalized spacial score (nSPS) is 14.4. The van der Waals surface area contributed by atoms with Gasteiger partial charge in [-0.2, -0.15) is 13.2 Å². The van der Waals surface area contributed by atoms with Crippen molar-refractivity contribution in [2.24, 2.45) is 11.7 Å². The lowest BCUT2D eigenvalue weighted by Gasteiger charge is -2.19. The zero-order valence-electron chi connectivity index (χ0n) is 8.19. The van der Waals surface area contributed by atoms with Crippen molar-refractivity contribution in [1.82, 2.24) is 5.32 Å². The number of rotatable bonds is 5. The summed E-state index contributed by atoms with van der Waals surface area (Å²) in [6.45, 7) is 3.15. The molecule has 0 aliphatic heterocycles. The molecule has 0 radical (unpaired) electrons. The quantitative estimate of drug-likeness (QED) is 0.715. The summed E-state index contributed by atoms with van der Waals surface area (Å²) < 4.78 is 35.3. The van der Waals surface area contributed by atoms with E-state index in [4.69, 9.17) is 5.73 Å². The van der Waals surface area contributed by atoms with Gasteiger partial charge < -0.3 is 11.1 Å². The number of amides is 1. The number of carbonyl (C=O) groups is 1. The van der Waals surface area contributed by atoms with Crippen molar-refractivity contribution in [1.29, 1.82) is 0 Å². The summed E-state index contributed by atoms with van der Waals surface area (Å²) in [5, 5.41) is 2.48. The Labute approximate surface area is 80.8 Å². The van der Waals surface area contributed by atoms with Crippen LogP contribution in [0.15, 0.2) is 0 Å². The fourth-order valence-electron chi connectivity index (χ4n) is 1.03. The van der Waals surface area contributed by atoms with Crippen LogP contribution < -0.4 is 11.1 Å². The summed E-state index contributed by atoms with van der Waals surface area (Å²) in [6.07, 6.45) is -5.16. The van der Waals surface area contributed by atoms with Crippen molar-refractivity contribution in [3.8, 4) is 0 Å². The SMILES string of the molecule is CC(C)C(NCCC(F)(F)F)C(N)=O. The van der Waals surface area contributed by atoms with Gasteiger partial charge in [-0.1, -0.05) is 13.8 Å². The molecular weight excluding hydrogens is 197 g/mol. The molecule has 0 spiro atoms. The van der Waals surface area contributed by atoms with Gasteiger partial charge in [0.15, 0.2) is 0 Å². The van der Waals surface area contributed by atoms with E-state index in [0.717, 1.165) is 0 Å². The Kier molecular flexibility index (Phi) is 4.90. The van der Waals surface area contributed by atoms with Crippen LogP contribution >= 0.6 is 0 Å². The Balaban J connectivity index is 3.90. The third kappa shape index (κ3) is 5.80. The lowest BCUT2D eigenvalue weighted by Crippen LogP contribution is -2.45. The van der Waals surface area contributed by atoms with Crippen LogP contribution in [0.3, 0.4) is 0 Å². The molecule has 0 saturated heterocycles. The topological polar surface area (TPSA) is 55.1 Å². The predicted molar refractivity (Wildman–Crippen MR) is 46.5 cm³/mol. The molecule has 84 valence electrons. The standard InChI is InChI=1S/C8H15F3N2O/c1-5(2)6(7(12)14)13-4-3-8(9,10)11/h5-6,13H,3-4H2,1-2H3,(H2,12,14). The van der Waals surface area contributed by atoms with Crippen molar-refractivity contribution >= 4 is 5.91 Å². The fourth-order valence-corrected chi connectivity index (χ4v) is 1.03. The van der Waals surface area contributed by atoms with E-state index >= 15 is 0 Å². The summed E-state index contributed by atoms with van der Waals surface area (Å²) in [5.74, 6) is -0.733. The van der Waals surface area contributed by atoms with Gasteiger partial charge in [0.05, 0.1) is 12.5 Å². The first-order valence-electron chi connectivity index (χ1n) is 4.33. The number of carbonyl (C=O) groups excluding carboxylic acids is 1. The van der Waals surface area contributed by atoms with Gasteiger partial charge in [0.2, 0.25) is 5.91 Å². The van der Waals surface area contributed by atoms with Crippen LogP contribution in [0.4, 0.5) is 13.2 Å². The Morgan fingerprint density at radius 3 is 2.21 bits per heavy atom. The van der Waals surface area contributed by atoms with Crippen LogP contribution in [0.25, 0.3) is 0 Å².